The molecule has 0 fully saturated rings. The van der Waals surface area contributed by atoms with E-state index in [1.807, 2.05) is 13.0 Å². The second kappa shape index (κ2) is 4.35. The molecule has 3 rings (SSSR count). The maximum atomic E-state index is 12.4. The van der Waals surface area contributed by atoms with Gasteiger partial charge in [-0.15, -0.1) is 0 Å². The van der Waals surface area contributed by atoms with Gasteiger partial charge >= 0.3 is 0 Å². The van der Waals surface area contributed by atoms with Crippen LogP contribution in [-0.4, -0.2) is 11.8 Å². The lowest BCUT2D eigenvalue weighted by Gasteiger charge is -2.14. The number of hydrogen-bond acceptors (Lipinski definition) is 3. The van der Waals surface area contributed by atoms with Gasteiger partial charge < -0.3 is 5.73 Å². The molecule has 4 nitrogen and oxygen atoms in total. The largest absolute Gasteiger partial charge is 0.397 e. The molecule has 0 unspecified atom stereocenters. The first-order valence-electron chi connectivity index (χ1n) is 6.03. The molecule has 100 valence electrons. The standard InChI is InChI=1S/C15H11ClN2O2/c1-8-2-4-10-11(6-8)15(20)18(14(10)19)9-3-5-12(16)13(17)7-9/h2-7H,17H2,1H3. The molecule has 0 spiro atoms. The van der Waals surface area contributed by atoms with Crippen molar-refractivity contribution in [2.24, 2.45) is 0 Å². The van der Waals surface area contributed by atoms with E-state index in [9.17, 15) is 9.59 Å². The van der Waals surface area contributed by atoms with Crippen LogP contribution in [0.5, 0.6) is 0 Å². The van der Waals surface area contributed by atoms with E-state index in [1.54, 1.807) is 24.3 Å². The lowest BCUT2D eigenvalue weighted by molar-refractivity contribution is 0.0926. The third kappa shape index (κ3) is 1.77. The number of aryl methyl sites for hydroxylation is 1. The summed E-state index contributed by atoms with van der Waals surface area (Å²) >= 11 is 5.86. The van der Waals surface area contributed by atoms with Gasteiger partial charge in [0, 0.05) is 0 Å². The fraction of sp³-hybridized carbons (Fsp3) is 0.0667. The van der Waals surface area contributed by atoms with Gasteiger partial charge in [0.25, 0.3) is 11.8 Å². The predicted molar refractivity (Wildman–Crippen MR) is 78.2 cm³/mol. The average Bonchev–Trinajstić information content (AvgIpc) is 2.65. The van der Waals surface area contributed by atoms with Gasteiger partial charge in [0.05, 0.1) is 27.5 Å². The SMILES string of the molecule is Cc1ccc2c(c1)C(=O)N(c1ccc(Cl)c(N)c1)C2=O. The number of carbonyl (C=O) groups is 2. The van der Waals surface area contributed by atoms with Crippen LogP contribution in [0.4, 0.5) is 11.4 Å². The van der Waals surface area contributed by atoms with Crippen LogP contribution in [0.3, 0.4) is 0 Å². The number of anilines is 2. The van der Waals surface area contributed by atoms with Gasteiger partial charge in [-0.05, 0) is 37.3 Å². The number of nitrogens with zero attached hydrogens (tertiary/aromatic N) is 1. The van der Waals surface area contributed by atoms with Crippen LogP contribution in [0.1, 0.15) is 26.3 Å². The number of halogens is 1. The van der Waals surface area contributed by atoms with Crippen molar-refractivity contribution < 1.29 is 9.59 Å². The van der Waals surface area contributed by atoms with E-state index in [-0.39, 0.29) is 11.8 Å². The molecule has 1 heterocycles. The van der Waals surface area contributed by atoms with Crippen LogP contribution in [0.15, 0.2) is 36.4 Å². The van der Waals surface area contributed by atoms with Gasteiger partial charge in [-0.2, -0.15) is 0 Å². The highest BCUT2D eigenvalue weighted by Crippen LogP contribution is 2.32. The van der Waals surface area contributed by atoms with Crippen LogP contribution >= 0.6 is 11.6 Å². The second-order valence-corrected chi connectivity index (χ2v) is 5.11. The zero-order valence-electron chi connectivity index (χ0n) is 10.7. The van der Waals surface area contributed by atoms with Crippen molar-refractivity contribution in [1.29, 1.82) is 0 Å². The molecule has 2 aromatic rings. The molecule has 1 aliphatic rings. The maximum Gasteiger partial charge on any atom is 0.266 e. The Kier molecular flexibility index (Phi) is 2.76. The molecule has 0 saturated carbocycles. The number of imide groups is 1. The van der Waals surface area contributed by atoms with Crippen molar-refractivity contribution in [1.82, 2.24) is 0 Å². The van der Waals surface area contributed by atoms with Crippen LogP contribution in [0.2, 0.25) is 5.02 Å². The van der Waals surface area contributed by atoms with Crippen LogP contribution < -0.4 is 10.6 Å². The number of nitrogens with two attached hydrogens (primary N) is 1. The first-order valence-corrected chi connectivity index (χ1v) is 6.41. The van der Waals surface area contributed by atoms with Gasteiger partial charge in [-0.3, -0.25) is 9.59 Å². The fourth-order valence-electron chi connectivity index (χ4n) is 2.26. The van der Waals surface area contributed by atoms with Gasteiger partial charge in [-0.25, -0.2) is 4.90 Å². The molecule has 20 heavy (non-hydrogen) atoms. The van der Waals surface area contributed by atoms with E-state index < -0.39 is 0 Å². The Morgan fingerprint density at radius 3 is 2.40 bits per heavy atom. The van der Waals surface area contributed by atoms with Crippen molar-refractivity contribution in [2.75, 3.05) is 10.6 Å². The first kappa shape index (κ1) is 12.7. The van der Waals surface area contributed by atoms with E-state index in [4.69, 9.17) is 17.3 Å². The van der Waals surface area contributed by atoms with Crippen molar-refractivity contribution in [2.45, 2.75) is 6.92 Å². The summed E-state index contributed by atoms with van der Waals surface area (Å²) < 4.78 is 0. The third-order valence-electron chi connectivity index (χ3n) is 3.28. The minimum atomic E-state index is -0.341. The Labute approximate surface area is 120 Å². The number of nitrogen functional groups attached to an aromatic ring is 1. The quantitative estimate of drug-likeness (QED) is 0.647. The fourth-order valence-corrected chi connectivity index (χ4v) is 2.38. The summed E-state index contributed by atoms with van der Waals surface area (Å²) in [7, 11) is 0. The van der Waals surface area contributed by atoms with E-state index in [0.29, 0.717) is 27.5 Å². The monoisotopic (exact) mass is 286 g/mol. The third-order valence-corrected chi connectivity index (χ3v) is 3.62. The Balaban J connectivity index is 2.11. The zero-order valence-corrected chi connectivity index (χ0v) is 11.4. The van der Waals surface area contributed by atoms with Crippen LogP contribution in [-0.2, 0) is 0 Å². The van der Waals surface area contributed by atoms with Crippen LogP contribution in [0.25, 0.3) is 0 Å². The summed E-state index contributed by atoms with van der Waals surface area (Å²) in [4.78, 5) is 25.9. The van der Waals surface area contributed by atoms with Crippen molar-refractivity contribution in [3.8, 4) is 0 Å². The van der Waals surface area contributed by atoms with Crippen molar-refractivity contribution in [3.63, 3.8) is 0 Å². The molecule has 0 atom stereocenters. The highest BCUT2D eigenvalue weighted by molar-refractivity contribution is 6.35. The predicted octanol–water partition coefficient (Wildman–Crippen LogP) is 3.03. The highest BCUT2D eigenvalue weighted by Gasteiger charge is 2.36. The number of carbonyl (C=O) groups excluding carboxylic acids is 2. The van der Waals surface area contributed by atoms with E-state index in [1.165, 1.54) is 6.07 Å². The minimum Gasteiger partial charge on any atom is -0.397 e. The smallest absolute Gasteiger partial charge is 0.266 e. The Morgan fingerprint density at radius 1 is 1.00 bits per heavy atom. The summed E-state index contributed by atoms with van der Waals surface area (Å²) in [6.07, 6.45) is 0. The molecule has 0 radical (unpaired) electrons. The Morgan fingerprint density at radius 2 is 1.70 bits per heavy atom. The summed E-state index contributed by atoms with van der Waals surface area (Å²) in [5.74, 6) is -0.679. The molecule has 0 aliphatic carbocycles. The molecular weight excluding hydrogens is 276 g/mol. The molecule has 0 saturated heterocycles. The molecule has 0 aromatic heterocycles. The first-order chi connectivity index (χ1) is 9.49. The van der Waals surface area contributed by atoms with E-state index >= 15 is 0 Å². The lowest BCUT2D eigenvalue weighted by Crippen LogP contribution is -2.29. The van der Waals surface area contributed by atoms with Gasteiger partial charge in [0.1, 0.15) is 0 Å². The average molecular weight is 287 g/mol. The lowest BCUT2D eigenvalue weighted by atomic mass is 10.1. The normalized spacial score (nSPS) is 13.8. The van der Waals surface area contributed by atoms with E-state index in [2.05, 4.69) is 0 Å². The maximum absolute atomic E-state index is 12.4. The number of rotatable bonds is 1. The number of amides is 2. The molecular formula is C15H11ClN2O2. The molecule has 2 amide bonds. The van der Waals surface area contributed by atoms with Crippen LogP contribution in [0, 0.1) is 6.92 Å². The number of fused-ring (bicyclic) bond motifs is 1. The van der Waals surface area contributed by atoms with E-state index in [0.717, 1.165) is 10.5 Å². The summed E-state index contributed by atoms with van der Waals surface area (Å²) in [6, 6.07) is 9.90. The Bertz CT molecular complexity index is 756. The Hall–Kier alpha value is -2.33. The molecule has 2 N–H and O–H groups in total. The van der Waals surface area contributed by atoms with Gasteiger partial charge in [-0.1, -0.05) is 23.2 Å². The van der Waals surface area contributed by atoms with Gasteiger partial charge in [0.15, 0.2) is 0 Å². The second-order valence-electron chi connectivity index (χ2n) is 4.70. The topological polar surface area (TPSA) is 63.4 Å². The zero-order chi connectivity index (χ0) is 14.4. The summed E-state index contributed by atoms with van der Waals surface area (Å²) in [5.41, 5.74) is 8.25. The number of benzene rings is 2. The minimum absolute atomic E-state index is 0.330. The molecule has 0 bridgehead atoms. The van der Waals surface area contributed by atoms with Gasteiger partial charge in [0.2, 0.25) is 0 Å². The molecule has 1 aliphatic heterocycles. The van der Waals surface area contributed by atoms with Crippen molar-refractivity contribution >= 4 is 34.8 Å². The summed E-state index contributed by atoms with van der Waals surface area (Å²) in [6.45, 7) is 1.88. The molecule has 2 aromatic carbocycles. The summed E-state index contributed by atoms with van der Waals surface area (Å²) in [5, 5.41) is 0.390. The molecule has 5 heteroatoms. The number of hydrogen-bond donors (Lipinski definition) is 1. The van der Waals surface area contributed by atoms with Crippen molar-refractivity contribution in [3.05, 3.63) is 58.1 Å². The highest BCUT2D eigenvalue weighted by atomic mass is 35.5.